The van der Waals surface area contributed by atoms with E-state index < -0.39 is 14.9 Å². The Bertz CT molecular complexity index is 881. The first-order chi connectivity index (χ1) is 13.0. The number of rotatable bonds is 8. The average molecular weight is 389 g/mol. The topological polar surface area (TPSA) is 92.5 Å². The zero-order valence-corrected chi connectivity index (χ0v) is 15.8. The van der Waals surface area contributed by atoms with Crippen molar-refractivity contribution in [1.82, 2.24) is 9.62 Å². The lowest BCUT2D eigenvalue weighted by Gasteiger charge is -2.28. The van der Waals surface area contributed by atoms with Gasteiger partial charge in [-0.3, -0.25) is 15.0 Å². The summed E-state index contributed by atoms with van der Waals surface area (Å²) in [7, 11) is -3.81. The number of sulfonamides is 1. The molecule has 1 aliphatic rings. The minimum atomic E-state index is -3.81. The summed E-state index contributed by atoms with van der Waals surface area (Å²) in [6, 6.07) is 15.2. The van der Waals surface area contributed by atoms with Crippen LogP contribution in [0.1, 0.15) is 18.4 Å². The van der Waals surface area contributed by atoms with E-state index >= 15 is 0 Å². The second-order valence-electron chi connectivity index (χ2n) is 6.69. The van der Waals surface area contributed by atoms with Crippen molar-refractivity contribution in [3.05, 3.63) is 70.3 Å². The minimum Gasteiger partial charge on any atom is -0.299 e. The molecular weight excluding hydrogens is 366 g/mol. The fourth-order valence-electron chi connectivity index (χ4n) is 3.38. The van der Waals surface area contributed by atoms with Crippen LogP contribution in [-0.4, -0.2) is 43.9 Å². The number of hydrogen-bond acceptors (Lipinski definition) is 5. The molecular formula is C19H23N3O4S. The summed E-state index contributed by atoms with van der Waals surface area (Å²) < 4.78 is 27.9. The first-order valence-electron chi connectivity index (χ1n) is 8.98. The number of non-ortho nitro benzene ring substituents is 1. The van der Waals surface area contributed by atoms with Crippen LogP contribution < -0.4 is 4.72 Å². The van der Waals surface area contributed by atoms with Gasteiger partial charge in [0, 0.05) is 24.7 Å². The van der Waals surface area contributed by atoms with E-state index in [2.05, 4.69) is 9.62 Å². The Morgan fingerprint density at radius 3 is 2.44 bits per heavy atom. The summed E-state index contributed by atoms with van der Waals surface area (Å²) >= 11 is 0. The molecule has 1 atom stereocenters. The molecule has 8 heteroatoms. The maximum absolute atomic E-state index is 12.6. The maximum atomic E-state index is 12.6. The predicted octanol–water partition coefficient (Wildman–Crippen LogP) is 2.58. The first kappa shape index (κ1) is 19.5. The van der Waals surface area contributed by atoms with Crippen LogP contribution in [0.3, 0.4) is 0 Å². The molecule has 0 radical (unpaired) electrons. The number of likely N-dealkylation sites (tertiary alicyclic amines) is 1. The lowest BCUT2D eigenvalue weighted by Crippen LogP contribution is -2.43. The number of nitro groups is 1. The molecule has 3 rings (SSSR count). The zero-order chi connectivity index (χ0) is 19.3. The van der Waals surface area contributed by atoms with Crippen molar-refractivity contribution in [2.45, 2.75) is 30.2 Å². The molecule has 2 aromatic carbocycles. The number of nitro benzene ring substituents is 1. The highest BCUT2D eigenvalue weighted by Crippen LogP contribution is 2.19. The van der Waals surface area contributed by atoms with Gasteiger partial charge in [0.1, 0.15) is 0 Å². The number of benzene rings is 2. The first-order valence-corrected chi connectivity index (χ1v) is 10.5. The summed E-state index contributed by atoms with van der Waals surface area (Å²) in [5.41, 5.74) is 0.919. The van der Waals surface area contributed by atoms with Crippen molar-refractivity contribution in [1.29, 1.82) is 0 Å². The molecule has 1 unspecified atom stereocenters. The third-order valence-electron chi connectivity index (χ3n) is 4.82. The van der Waals surface area contributed by atoms with E-state index in [-0.39, 0.29) is 23.2 Å². The molecule has 144 valence electrons. The molecule has 1 aliphatic heterocycles. The Morgan fingerprint density at radius 2 is 1.78 bits per heavy atom. The van der Waals surface area contributed by atoms with Crippen LogP contribution in [-0.2, 0) is 16.4 Å². The highest BCUT2D eigenvalue weighted by Gasteiger charge is 2.25. The van der Waals surface area contributed by atoms with Gasteiger partial charge in [0.15, 0.2) is 0 Å². The lowest BCUT2D eigenvalue weighted by molar-refractivity contribution is -0.385. The molecule has 0 spiro atoms. The van der Waals surface area contributed by atoms with Gasteiger partial charge >= 0.3 is 0 Å². The van der Waals surface area contributed by atoms with Gasteiger partial charge in [-0.25, -0.2) is 13.1 Å². The quantitative estimate of drug-likeness (QED) is 0.553. The molecule has 1 fully saturated rings. The Labute approximate surface area is 159 Å². The molecule has 0 bridgehead atoms. The number of hydrogen-bond donors (Lipinski definition) is 1. The van der Waals surface area contributed by atoms with E-state index in [1.54, 1.807) is 0 Å². The molecule has 0 saturated carbocycles. The van der Waals surface area contributed by atoms with Crippen LogP contribution >= 0.6 is 0 Å². The van der Waals surface area contributed by atoms with E-state index in [0.717, 1.165) is 44.0 Å². The van der Waals surface area contributed by atoms with Gasteiger partial charge in [-0.15, -0.1) is 0 Å². The summed E-state index contributed by atoms with van der Waals surface area (Å²) in [6.45, 7) is 2.17. The molecule has 0 aliphatic carbocycles. The Hall–Kier alpha value is -2.29. The SMILES string of the molecule is O=[N+]([O-])c1cccc(S(=O)(=O)NCC(Cc2ccccc2)N2CCCC2)c1. The molecule has 0 amide bonds. The van der Waals surface area contributed by atoms with Crippen LogP contribution in [0.5, 0.6) is 0 Å². The molecule has 0 aromatic heterocycles. The lowest BCUT2D eigenvalue weighted by atomic mass is 10.1. The van der Waals surface area contributed by atoms with Gasteiger partial charge < -0.3 is 0 Å². The predicted molar refractivity (Wildman–Crippen MR) is 103 cm³/mol. The van der Waals surface area contributed by atoms with Crippen molar-refractivity contribution in [2.24, 2.45) is 0 Å². The summed E-state index contributed by atoms with van der Waals surface area (Å²) in [5, 5.41) is 10.9. The maximum Gasteiger partial charge on any atom is 0.270 e. The van der Waals surface area contributed by atoms with E-state index in [9.17, 15) is 18.5 Å². The molecule has 1 saturated heterocycles. The van der Waals surface area contributed by atoms with Crippen molar-refractivity contribution in [3.63, 3.8) is 0 Å². The molecule has 1 heterocycles. The van der Waals surface area contributed by atoms with E-state index in [1.165, 1.54) is 18.2 Å². The van der Waals surface area contributed by atoms with Crippen LogP contribution in [0.15, 0.2) is 59.5 Å². The zero-order valence-electron chi connectivity index (χ0n) is 15.0. The normalized spacial score (nSPS) is 16.3. The van der Waals surface area contributed by atoms with Crippen LogP contribution in [0, 0.1) is 10.1 Å². The average Bonchev–Trinajstić information content (AvgIpc) is 3.20. The highest BCUT2D eigenvalue weighted by atomic mass is 32.2. The summed E-state index contributed by atoms with van der Waals surface area (Å²) in [5.74, 6) is 0. The second-order valence-corrected chi connectivity index (χ2v) is 8.46. The van der Waals surface area contributed by atoms with Crippen molar-refractivity contribution < 1.29 is 13.3 Å². The van der Waals surface area contributed by atoms with Crippen LogP contribution in [0.4, 0.5) is 5.69 Å². The van der Waals surface area contributed by atoms with Gasteiger partial charge in [0.25, 0.3) is 5.69 Å². The van der Waals surface area contributed by atoms with E-state index in [4.69, 9.17) is 0 Å². The third-order valence-corrected chi connectivity index (χ3v) is 6.24. The van der Waals surface area contributed by atoms with Crippen molar-refractivity contribution >= 4 is 15.7 Å². The van der Waals surface area contributed by atoms with E-state index in [0.29, 0.717) is 0 Å². The Kier molecular flexibility index (Phi) is 6.20. The third kappa shape index (κ3) is 5.12. The molecule has 7 nitrogen and oxygen atoms in total. The van der Waals surface area contributed by atoms with Crippen molar-refractivity contribution in [2.75, 3.05) is 19.6 Å². The standard InChI is InChI=1S/C19H23N3O4S/c23-22(24)17-9-6-10-19(14-17)27(25,26)20-15-18(21-11-4-5-12-21)13-16-7-2-1-3-8-16/h1-3,6-10,14,18,20H,4-5,11-13,15H2. The van der Waals surface area contributed by atoms with Crippen LogP contribution in [0.2, 0.25) is 0 Å². The number of nitrogens with zero attached hydrogens (tertiary/aromatic N) is 2. The second kappa shape index (κ2) is 8.60. The van der Waals surface area contributed by atoms with Gasteiger partial charge in [0.05, 0.1) is 9.82 Å². The largest absolute Gasteiger partial charge is 0.299 e. The van der Waals surface area contributed by atoms with Gasteiger partial charge in [-0.2, -0.15) is 0 Å². The summed E-state index contributed by atoms with van der Waals surface area (Å²) in [4.78, 5) is 12.5. The highest BCUT2D eigenvalue weighted by molar-refractivity contribution is 7.89. The molecule has 27 heavy (non-hydrogen) atoms. The van der Waals surface area contributed by atoms with E-state index in [1.807, 2.05) is 30.3 Å². The smallest absolute Gasteiger partial charge is 0.270 e. The Balaban J connectivity index is 1.73. The van der Waals surface area contributed by atoms with Crippen LogP contribution in [0.25, 0.3) is 0 Å². The monoisotopic (exact) mass is 389 g/mol. The minimum absolute atomic E-state index is 0.0448. The van der Waals surface area contributed by atoms with Crippen molar-refractivity contribution in [3.8, 4) is 0 Å². The molecule has 2 aromatic rings. The number of nitrogens with one attached hydrogen (secondary N) is 1. The fourth-order valence-corrected chi connectivity index (χ4v) is 4.49. The Morgan fingerprint density at radius 1 is 1.07 bits per heavy atom. The van der Waals surface area contributed by atoms with Gasteiger partial charge in [0.2, 0.25) is 10.0 Å². The summed E-state index contributed by atoms with van der Waals surface area (Å²) in [6.07, 6.45) is 2.98. The molecule has 1 N–H and O–H groups in total. The fraction of sp³-hybridized carbons (Fsp3) is 0.368. The van der Waals surface area contributed by atoms with Gasteiger partial charge in [-0.05, 0) is 44.0 Å². The van der Waals surface area contributed by atoms with Gasteiger partial charge in [-0.1, -0.05) is 36.4 Å².